The maximum absolute atomic E-state index is 10.9. The second kappa shape index (κ2) is 4.29. The molecule has 5 nitrogen and oxygen atoms in total. The van der Waals surface area contributed by atoms with E-state index < -0.39 is 5.97 Å². The number of benzene rings is 1. The maximum atomic E-state index is 10.9. The predicted molar refractivity (Wildman–Crippen MR) is 65.5 cm³/mol. The van der Waals surface area contributed by atoms with E-state index in [4.69, 9.17) is 5.11 Å². The van der Waals surface area contributed by atoms with Crippen LogP contribution in [0.2, 0.25) is 0 Å². The van der Waals surface area contributed by atoms with Gasteiger partial charge < -0.3 is 5.11 Å². The maximum Gasteiger partial charge on any atom is 0.358 e. The fraction of sp³-hybridized carbons (Fsp3) is 0.182. The molecule has 2 aromatic rings. The molecule has 1 aromatic carbocycles. The van der Waals surface area contributed by atoms with Crippen molar-refractivity contribution in [2.24, 2.45) is 0 Å². The molecule has 6 heteroatoms. The van der Waals surface area contributed by atoms with Crippen molar-refractivity contribution in [1.29, 1.82) is 0 Å². The van der Waals surface area contributed by atoms with E-state index in [1.807, 2.05) is 25.1 Å². The summed E-state index contributed by atoms with van der Waals surface area (Å²) in [5, 5.41) is 16.5. The van der Waals surface area contributed by atoms with Crippen molar-refractivity contribution in [1.82, 2.24) is 15.0 Å². The van der Waals surface area contributed by atoms with E-state index in [1.54, 1.807) is 6.92 Å². The highest BCUT2D eigenvalue weighted by Crippen LogP contribution is 2.23. The molecule has 88 valence electrons. The summed E-state index contributed by atoms with van der Waals surface area (Å²) in [6.07, 6.45) is 0. The van der Waals surface area contributed by atoms with E-state index in [9.17, 15) is 4.79 Å². The van der Waals surface area contributed by atoms with E-state index in [2.05, 4.69) is 26.2 Å². The minimum absolute atomic E-state index is 0.0237. The summed E-state index contributed by atoms with van der Waals surface area (Å²) in [6.45, 7) is 3.62. The zero-order valence-electron chi connectivity index (χ0n) is 9.31. The SMILES string of the molecule is Cc1c(Br)cccc1-n1nnc(C(=O)O)c1C. The van der Waals surface area contributed by atoms with Crippen LogP contribution < -0.4 is 0 Å². The molecule has 0 saturated heterocycles. The third kappa shape index (κ3) is 1.95. The minimum atomic E-state index is -1.07. The lowest BCUT2D eigenvalue weighted by Gasteiger charge is -2.08. The highest BCUT2D eigenvalue weighted by molar-refractivity contribution is 9.10. The summed E-state index contributed by atoms with van der Waals surface area (Å²) in [7, 11) is 0. The Balaban J connectivity index is 2.62. The first kappa shape index (κ1) is 11.8. The van der Waals surface area contributed by atoms with Crippen molar-refractivity contribution >= 4 is 21.9 Å². The van der Waals surface area contributed by atoms with Gasteiger partial charge in [-0.1, -0.05) is 27.2 Å². The standard InChI is InChI=1S/C11H10BrN3O2/c1-6-8(12)4-3-5-9(6)15-7(2)10(11(16)17)13-14-15/h3-5H,1-2H3,(H,16,17). The molecule has 0 fully saturated rings. The Morgan fingerprint density at radius 2 is 2.12 bits per heavy atom. The van der Waals surface area contributed by atoms with E-state index in [1.165, 1.54) is 4.68 Å². The van der Waals surface area contributed by atoms with Gasteiger partial charge in [-0.3, -0.25) is 0 Å². The van der Waals surface area contributed by atoms with Gasteiger partial charge in [-0.05, 0) is 31.5 Å². The van der Waals surface area contributed by atoms with E-state index in [0.29, 0.717) is 5.69 Å². The zero-order chi connectivity index (χ0) is 12.6. The number of nitrogens with zero attached hydrogens (tertiary/aromatic N) is 3. The summed E-state index contributed by atoms with van der Waals surface area (Å²) in [6, 6.07) is 5.66. The fourth-order valence-electron chi connectivity index (χ4n) is 1.58. The van der Waals surface area contributed by atoms with E-state index in [0.717, 1.165) is 15.7 Å². The Morgan fingerprint density at radius 1 is 1.41 bits per heavy atom. The largest absolute Gasteiger partial charge is 0.476 e. The van der Waals surface area contributed by atoms with Gasteiger partial charge in [0.25, 0.3) is 0 Å². The topological polar surface area (TPSA) is 68.0 Å². The molecule has 0 unspecified atom stereocenters. The van der Waals surface area contributed by atoms with E-state index in [-0.39, 0.29) is 5.69 Å². The van der Waals surface area contributed by atoms with Crippen LogP contribution in [0.4, 0.5) is 0 Å². The molecule has 0 bridgehead atoms. The van der Waals surface area contributed by atoms with Gasteiger partial charge in [0.05, 0.1) is 11.4 Å². The Morgan fingerprint density at radius 3 is 2.71 bits per heavy atom. The molecule has 0 aliphatic carbocycles. The van der Waals surface area contributed by atoms with Crippen LogP contribution in [-0.2, 0) is 0 Å². The molecular weight excluding hydrogens is 286 g/mol. The van der Waals surface area contributed by atoms with Gasteiger partial charge in [0.2, 0.25) is 0 Å². The van der Waals surface area contributed by atoms with Crippen molar-refractivity contribution in [2.75, 3.05) is 0 Å². The molecule has 0 saturated carbocycles. The van der Waals surface area contributed by atoms with Gasteiger partial charge in [-0.15, -0.1) is 5.10 Å². The lowest BCUT2D eigenvalue weighted by molar-refractivity contribution is 0.0689. The second-order valence-corrected chi connectivity index (χ2v) is 4.48. The summed E-state index contributed by atoms with van der Waals surface area (Å²) in [5.74, 6) is -1.07. The first-order chi connectivity index (χ1) is 8.02. The van der Waals surface area contributed by atoms with Crippen LogP contribution in [0.15, 0.2) is 22.7 Å². The molecule has 0 spiro atoms. The number of hydrogen-bond acceptors (Lipinski definition) is 3. The summed E-state index contributed by atoms with van der Waals surface area (Å²) < 4.78 is 2.48. The average molecular weight is 296 g/mol. The Bertz CT molecular complexity index is 592. The smallest absolute Gasteiger partial charge is 0.358 e. The number of hydrogen-bond donors (Lipinski definition) is 1. The van der Waals surface area contributed by atoms with Crippen LogP contribution in [0.3, 0.4) is 0 Å². The van der Waals surface area contributed by atoms with Crippen molar-refractivity contribution < 1.29 is 9.90 Å². The minimum Gasteiger partial charge on any atom is -0.476 e. The van der Waals surface area contributed by atoms with Crippen LogP contribution in [0.5, 0.6) is 0 Å². The van der Waals surface area contributed by atoms with Crippen LogP contribution in [-0.4, -0.2) is 26.1 Å². The van der Waals surface area contributed by atoms with Crippen LogP contribution in [0.25, 0.3) is 5.69 Å². The summed E-state index contributed by atoms with van der Waals surface area (Å²) >= 11 is 3.43. The van der Waals surface area contributed by atoms with Gasteiger partial charge in [0, 0.05) is 4.47 Å². The van der Waals surface area contributed by atoms with E-state index >= 15 is 0 Å². The molecule has 0 amide bonds. The third-order valence-electron chi connectivity index (χ3n) is 2.56. The van der Waals surface area contributed by atoms with Crippen molar-refractivity contribution in [3.05, 3.63) is 39.6 Å². The zero-order valence-corrected chi connectivity index (χ0v) is 10.9. The number of aromatic carboxylic acids is 1. The second-order valence-electron chi connectivity index (χ2n) is 3.62. The monoisotopic (exact) mass is 295 g/mol. The molecular formula is C11H10BrN3O2. The molecule has 2 rings (SSSR count). The van der Waals surface area contributed by atoms with Crippen LogP contribution in [0.1, 0.15) is 21.7 Å². The molecule has 1 N–H and O–H groups in total. The first-order valence-corrected chi connectivity index (χ1v) is 5.72. The Hall–Kier alpha value is -1.69. The highest BCUT2D eigenvalue weighted by atomic mass is 79.9. The van der Waals surface area contributed by atoms with Gasteiger partial charge in [-0.25, -0.2) is 9.48 Å². The molecule has 0 radical (unpaired) electrons. The molecule has 0 aliphatic heterocycles. The van der Waals surface area contributed by atoms with Gasteiger partial charge in [0.15, 0.2) is 5.69 Å². The molecule has 0 aliphatic rings. The number of carbonyl (C=O) groups is 1. The molecule has 1 aromatic heterocycles. The van der Waals surface area contributed by atoms with Gasteiger partial charge in [0.1, 0.15) is 0 Å². The van der Waals surface area contributed by atoms with Gasteiger partial charge in [-0.2, -0.15) is 0 Å². The summed E-state index contributed by atoms with van der Waals surface area (Å²) in [4.78, 5) is 10.9. The number of carboxylic acids is 1. The van der Waals surface area contributed by atoms with Crippen molar-refractivity contribution in [2.45, 2.75) is 13.8 Å². The molecule has 17 heavy (non-hydrogen) atoms. The highest BCUT2D eigenvalue weighted by Gasteiger charge is 2.17. The Kier molecular flexibility index (Phi) is 2.97. The van der Waals surface area contributed by atoms with Crippen LogP contribution in [0, 0.1) is 13.8 Å². The predicted octanol–water partition coefficient (Wildman–Crippen LogP) is 2.34. The molecule has 1 heterocycles. The lowest BCUT2D eigenvalue weighted by atomic mass is 10.2. The average Bonchev–Trinajstić information content (AvgIpc) is 2.64. The van der Waals surface area contributed by atoms with Crippen molar-refractivity contribution in [3.8, 4) is 5.69 Å². The number of halogens is 1. The third-order valence-corrected chi connectivity index (χ3v) is 3.42. The van der Waals surface area contributed by atoms with Gasteiger partial charge >= 0.3 is 5.97 Å². The Labute approximate surface area is 106 Å². The fourth-order valence-corrected chi connectivity index (χ4v) is 1.94. The molecule has 0 atom stereocenters. The number of aromatic nitrogens is 3. The first-order valence-electron chi connectivity index (χ1n) is 4.93. The van der Waals surface area contributed by atoms with Crippen LogP contribution >= 0.6 is 15.9 Å². The quantitative estimate of drug-likeness (QED) is 0.923. The number of carboxylic acid groups (broad SMARTS) is 1. The normalized spacial score (nSPS) is 10.5. The summed E-state index contributed by atoms with van der Waals surface area (Å²) in [5.41, 5.74) is 2.29. The number of rotatable bonds is 2. The lowest BCUT2D eigenvalue weighted by Crippen LogP contribution is -2.04. The van der Waals surface area contributed by atoms with Crippen molar-refractivity contribution in [3.63, 3.8) is 0 Å².